The van der Waals surface area contributed by atoms with Crippen molar-refractivity contribution < 1.29 is 9.53 Å². The number of carbonyl (C=O) groups is 1. The van der Waals surface area contributed by atoms with Gasteiger partial charge in [-0.3, -0.25) is 14.8 Å². The summed E-state index contributed by atoms with van der Waals surface area (Å²) in [6.45, 7) is 5.35. The van der Waals surface area contributed by atoms with Crippen molar-refractivity contribution in [3.8, 4) is 11.4 Å². The maximum absolute atomic E-state index is 12.5. The van der Waals surface area contributed by atoms with E-state index in [1.807, 2.05) is 37.3 Å². The van der Waals surface area contributed by atoms with Crippen molar-refractivity contribution in [1.82, 2.24) is 25.4 Å². The Bertz CT molecular complexity index is 652. The van der Waals surface area contributed by atoms with Crippen LogP contribution in [-0.2, 0) is 16.1 Å². The molecule has 1 aliphatic heterocycles. The first-order valence-electron chi connectivity index (χ1n) is 8.34. The molecule has 1 aromatic heterocycles. The molecule has 1 aliphatic rings. The molecular weight excluding hydrogens is 306 g/mol. The number of rotatable bonds is 6. The molecule has 0 radical (unpaired) electrons. The van der Waals surface area contributed by atoms with Crippen LogP contribution in [0.1, 0.15) is 19.2 Å². The summed E-state index contributed by atoms with van der Waals surface area (Å²) < 4.78 is 5.35. The van der Waals surface area contributed by atoms with Gasteiger partial charge in [0.2, 0.25) is 5.91 Å². The monoisotopic (exact) mass is 329 g/mol. The van der Waals surface area contributed by atoms with E-state index < -0.39 is 0 Å². The summed E-state index contributed by atoms with van der Waals surface area (Å²) in [4.78, 5) is 19.1. The maximum atomic E-state index is 12.5. The van der Waals surface area contributed by atoms with Crippen LogP contribution in [0.25, 0.3) is 11.4 Å². The molecular formula is C17H23N5O2. The fourth-order valence-electron chi connectivity index (χ4n) is 2.88. The summed E-state index contributed by atoms with van der Waals surface area (Å²) in [7, 11) is 0. The van der Waals surface area contributed by atoms with E-state index in [4.69, 9.17) is 4.74 Å². The van der Waals surface area contributed by atoms with Gasteiger partial charge in [0.05, 0.1) is 25.8 Å². The normalized spacial score (nSPS) is 16.7. The smallest absolute Gasteiger partial charge is 0.237 e. The molecule has 0 aliphatic carbocycles. The highest BCUT2D eigenvalue weighted by molar-refractivity contribution is 5.81. The third-order valence-corrected chi connectivity index (χ3v) is 4.17. The predicted molar refractivity (Wildman–Crippen MR) is 90.1 cm³/mol. The number of ether oxygens (including phenoxy) is 1. The van der Waals surface area contributed by atoms with Crippen LogP contribution in [0.4, 0.5) is 0 Å². The van der Waals surface area contributed by atoms with Crippen molar-refractivity contribution in [2.45, 2.75) is 25.9 Å². The summed E-state index contributed by atoms with van der Waals surface area (Å²) in [6.07, 6.45) is 0.775. The second-order valence-corrected chi connectivity index (χ2v) is 5.76. The molecule has 2 heterocycles. The Morgan fingerprint density at radius 1 is 1.33 bits per heavy atom. The summed E-state index contributed by atoms with van der Waals surface area (Å²) >= 11 is 0. The molecule has 7 heteroatoms. The Labute approximate surface area is 141 Å². The standard InChI is InChI=1S/C17H23N5O2/c1-2-14(22-8-10-24-11-9-22)17(23)18-12-15-19-16(21-20-15)13-6-4-3-5-7-13/h3-7,14H,2,8-12H2,1H3,(H,18,23)(H,19,20,21)/t14-/m0/s1. The molecule has 1 amide bonds. The Balaban J connectivity index is 1.56. The van der Waals surface area contributed by atoms with E-state index in [1.165, 1.54) is 0 Å². The molecule has 0 unspecified atom stereocenters. The van der Waals surface area contributed by atoms with E-state index in [-0.39, 0.29) is 11.9 Å². The average molecular weight is 329 g/mol. The van der Waals surface area contributed by atoms with Gasteiger partial charge in [0.1, 0.15) is 5.82 Å². The number of benzene rings is 1. The van der Waals surface area contributed by atoms with Crippen molar-refractivity contribution in [2.75, 3.05) is 26.3 Å². The third-order valence-electron chi connectivity index (χ3n) is 4.17. The number of aromatic nitrogens is 3. The van der Waals surface area contributed by atoms with E-state index in [2.05, 4.69) is 25.4 Å². The summed E-state index contributed by atoms with van der Waals surface area (Å²) in [5.41, 5.74) is 0.950. The van der Waals surface area contributed by atoms with Gasteiger partial charge >= 0.3 is 0 Å². The number of H-pyrrole nitrogens is 1. The van der Waals surface area contributed by atoms with Crippen LogP contribution in [0.3, 0.4) is 0 Å². The van der Waals surface area contributed by atoms with Crippen LogP contribution in [0, 0.1) is 0 Å². The average Bonchev–Trinajstić information content (AvgIpc) is 3.11. The zero-order chi connectivity index (χ0) is 16.8. The van der Waals surface area contributed by atoms with E-state index >= 15 is 0 Å². The van der Waals surface area contributed by atoms with Gasteiger partial charge in [-0.25, -0.2) is 4.98 Å². The number of morpholine rings is 1. The highest BCUT2D eigenvalue weighted by Gasteiger charge is 2.25. The molecule has 128 valence electrons. The zero-order valence-electron chi connectivity index (χ0n) is 13.9. The van der Waals surface area contributed by atoms with E-state index in [9.17, 15) is 4.79 Å². The lowest BCUT2D eigenvalue weighted by atomic mass is 10.1. The molecule has 0 saturated carbocycles. The molecule has 1 fully saturated rings. The number of aromatic amines is 1. The SMILES string of the molecule is CC[C@@H](C(=O)NCc1nc(-c2ccccc2)n[nH]1)N1CCOCC1. The molecule has 7 nitrogen and oxygen atoms in total. The summed E-state index contributed by atoms with van der Waals surface area (Å²) in [5, 5.41) is 10.0. The lowest BCUT2D eigenvalue weighted by molar-refractivity contribution is -0.128. The first-order valence-corrected chi connectivity index (χ1v) is 8.34. The highest BCUT2D eigenvalue weighted by Crippen LogP contribution is 2.13. The largest absolute Gasteiger partial charge is 0.379 e. The molecule has 0 spiro atoms. The van der Waals surface area contributed by atoms with E-state index in [0.29, 0.717) is 31.4 Å². The quantitative estimate of drug-likeness (QED) is 0.832. The first-order chi connectivity index (χ1) is 11.8. The highest BCUT2D eigenvalue weighted by atomic mass is 16.5. The molecule has 2 N–H and O–H groups in total. The fraction of sp³-hybridized carbons (Fsp3) is 0.471. The number of nitrogens with zero attached hydrogens (tertiary/aromatic N) is 3. The lowest BCUT2D eigenvalue weighted by Gasteiger charge is -2.32. The van der Waals surface area contributed by atoms with Crippen LogP contribution in [0.5, 0.6) is 0 Å². The molecule has 0 bridgehead atoms. The number of amides is 1. The number of hydrogen-bond donors (Lipinski definition) is 2. The topological polar surface area (TPSA) is 83.1 Å². The second-order valence-electron chi connectivity index (χ2n) is 5.76. The molecule has 1 saturated heterocycles. The minimum Gasteiger partial charge on any atom is -0.379 e. The number of hydrogen-bond acceptors (Lipinski definition) is 5. The third kappa shape index (κ3) is 3.98. The number of nitrogens with one attached hydrogen (secondary N) is 2. The van der Waals surface area contributed by atoms with Crippen LogP contribution in [-0.4, -0.2) is 58.3 Å². The molecule has 24 heavy (non-hydrogen) atoms. The van der Waals surface area contributed by atoms with Gasteiger partial charge < -0.3 is 10.1 Å². The van der Waals surface area contributed by atoms with Crippen molar-refractivity contribution in [3.63, 3.8) is 0 Å². The minimum absolute atomic E-state index is 0.0251. The molecule has 2 aromatic rings. The lowest BCUT2D eigenvalue weighted by Crippen LogP contribution is -2.50. The van der Waals surface area contributed by atoms with Gasteiger partial charge in [0.15, 0.2) is 5.82 Å². The van der Waals surface area contributed by atoms with Crippen LogP contribution >= 0.6 is 0 Å². The van der Waals surface area contributed by atoms with Crippen LogP contribution in [0.15, 0.2) is 30.3 Å². The molecule has 3 rings (SSSR count). The summed E-state index contributed by atoms with van der Waals surface area (Å²) in [5.74, 6) is 1.32. The second kappa shape index (κ2) is 8.03. The molecule has 1 atom stereocenters. The maximum Gasteiger partial charge on any atom is 0.237 e. The van der Waals surface area contributed by atoms with Gasteiger partial charge in [-0.1, -0.05) is 37.3 Å². The Hall–Kier alpha value is -2.25. The predicted octanol–water partition coefficient (Wildman–Crippen LogP) is 1.20. The Kier molecular flexibility index (Phi) is 5.55. The summed E-state index contributed by atoms with van der Waals surface area (Å²) in [6, 6.07) is 9.63. The first kappa shape index (κ1) is 16.6. The Morgan fingerprint density at radius 2 is 2.08 bits per heavy atom. The zero-order valence-corrected chi connectivity index (χ0v) is 13.9. The van der Waals surface area contributed by atoms with Crippen molar-refractivity contribution in [1.29, 1.82) is 0 Å². The molecule has 1 aromatic carbocycles. The van der Waals surface area contributed by atoms with Crippen molar-refractivity contribution in [3.05, 3.63) is 36.2 Å². The van der Waals surface area contributed by atoms with Crippen molar-refractivity contribution >= 4 is 5.91 Å². The van der Waals surface area contributed by atoms with Gasteiger partial charge in [0, 0.05) is 18.7 Å². The number of carbonyl (C=O) groups excluding carboxylic acids is 1. The van der Waals surface area contributed by atoms with Gasteiger partial charge in [-0.05, 0) is 6.42 Å². The fourth-order valence-corrected chi connectivity index (χ4v) is 2.88. The van der Waals surface area contributed by atoms with Crippen molar-refractivity contribution in [2.24, 2.45) is 0 Å². The van der Waals surface area contributed by atoms with E-state index in [1.54, 1.807) is 0 Å². The van der Waals surface area contributed by atoms with E-state index in [0.717, 1.165) is 25.1 Å². The minimum atomic E-state index is -0.120. The van der Waals surface area contributed by atoms with Gasteiger partial charge in [0.25, 0.3) is 0 Å². The van der Waals surface area contributed by atoms with Gasteiger partial charge in [-0.2, -0.15) is 5.10 Å². The Morgan fingerprint density at radius 3 is 2.79 bits per heavy atom. The van der Waals surface area contributed by atoms with Gasteiger partial charge in [-0.15, -0.1) is 0 Å². The van der Waals surface area contributed by atoms with Crippen LogP contribution < -0.4 is 5.32 Å². The van der Waals surface area contributed by atoms with Crippen LogP contribution in [0.2, 0.25) is 0 Å².